The van der Waals surface area contributed by atoms with Gasteiger partial charge in [-0.1, -0.05) is 44.2 Å². The van der Waals surface area contributed by atoms with E-state index in [2.05, 4.69) is 4.99 Å². The summed E-state index contributed by atoms with van der Waals surface area (Å²) in [6.45, 7) is 4.38. The van der Waals surface area contributed by atoms with E-state index in [4.69, 9.17) is 9.84 Å². The molecule has 102 valence electrons. The minimum absolute atomic E-state index is 0.0387. The van der Waals surface area contributed by atoms with E-state index in [-0.39, 0.29) is 17.9 Å². The number of carbonyl (C=O) groups is 1. The topological polar surface area (TPSA) is 58.9 Å². The van der Waals surface area contributed by atoms with Crippen molar-refractivity contribution >= 4 is 11.9 Å². The van der Waals surface area contributed by atoms with Gasteiger partial charge in [-0.3, -0.25) is 4.79 Å². The van der Waals surface area contributed by atoms with Crippen LogP contribution in [0.2, 0.25) is 0 Å². The summed E-state index contributed by atoms with van der Waals surface area (Å²) in [7, 11) is 0. The van der Waals surface area contributed by atoms with Gasteiger partial charge < -0.3 is 9.84 Å². The van der Waals surface area contributed by atoms with E-state index in [1.165, 1.54) is 0 Å². The Balaban J connectivity index is 2.02. The van der Waals surface area contributed by atoms with Crippen LogP contribution in [0.1, 0.15) is 38.3 Å². The third-order valence-corrected chi connectivity index (χ3v) is 3.15. The van der Waals surface area contributed by atoms with Gasteiger partial charge in [-0.15, -0.1) is 0 Å². The van der Waals surface area contributed by atoms with Gasteiger partial charge in [0.05, 0.1) is 6.42 Å². The Hall–Kier alpha value is -1.84. The molecule has 0 fully saturated rings. The molecule has 1 N–H and O–H groups in total. The molecule has 0 saturated carbocycles. The highest BCUT2D eigenvalue weighted by Gasteiger charge is 2.28. The Morgan fingerprint density at radius 1 is 1.42 bits per heavy atom. The van der Waals surface area contributed by atoms with Crippen molar-refractivity contribution in [2.45, 2.75) is 32.7 Å². The number of ether oxygens (including phenoxy) is 1. The number of carboxylic acid groups (broad SMARTS) is 1. The van der Waals surface area contributed by atoms with Crippen LogP contribution in [0, 0.1) is 5.41 Å². The third kappa shape index (κ3) is 3.81. The normalized spacial score (nSPS) is 18.8. The van der Waals surface area contributed by atoms with Crippen LogP contribution in [0.25, 0.3) is 0 Å². The number of aliphatic carboxylic acids is 1. The molecule has 0 aliphatic carbocycles. The maximum Gasteiger partial charge on any atom is 0.303 e. The second-order valence-corrected chi connectivity index (χ2v) is 5.67. The second-order valence-electron chi connectivity index (χ2n) is 5.67. The molecule has 4 nitrogen and oxygen atoms in total. The summed E-state index contributed by atoms with van der Waals surface area (Å²) in [4.78, 5) is 15.3. The SMILES string of the molecule is CC(C)(CC(=O)O)CC1=NC(c2ccccc2)CO1. The summed E-state index contributed by atoms with van der Waals surface area (Å²) < 4.78 is 5.59. The molecule has 1 heterocycles. The predicted octanol–water partition coefficient (Wildman–Crippen LogP) is 3.05. The van der Waals surface area contributed by atoms with Gasteiger partial charge in [0.2, 0.25) is 0 Å². The number of benzene rings is 1. The monoisotopic (exact) mass is 261 g/mol. The van der Waals surface area contributed by atoms with Gasteiger partial charge in [0, 0.05) is 6.42 Å². The predicted molar refractivity (Wildman–Crippen MR) is 73.2 cm³/mol. The highest BCUT2D eigenvalue weighted by atomic mass is 16.5. The first kappa shape index (κ1) is 13.6. The van der Waals surface area contributed by atoms with Crippen molar-refractivity contribution in [1.29, 1.82) is 0 Å². The van der Waals surface area contributed by atoms with Crippen LogP contribution in [-0.4, -0.2) is 23.6 Å². The Kier molecular flexibility index (Phi) is 3.88. The van der Waals surface area contributed by atoms with E-state index < -0.39 is 5.97 Å². The number of carboxylic acids is 1. The average Bonchev–Trinajstić information content (AvgIpc) is 2.76. The Morgan fingerprint density at radius 3 is 2.74 bits per heavy atom. The zero-order valence-electron chi connectivity index (χ0n) is 11.3. The third-order valence-electron chi connectivity index (χ3n) is 3.15. The number of aliphatic imine (C=N–C) groups is 1. The van der Waals surface area contributed by atoms with Crippen LogP contribution in [0.15, 0.2) is 35.3 Å². The lowest BCUT2D eigenvalue weighted by Crippen LogP contribution is -2.21. The minimum Gasteiger partial charge on any atom is -0.481 e. The van der Waals surface area contributed by atoms with E-state index in [0.29, 0.717) is 18.9 Å². The summed E-state index contributed by atoms with van der Waals surface area (Å²) in [5.74, 6) is -0.122. The van der Waals surface area contributed by atoms with Crippen LogP contribution >= 0.6 is 0 Å². The lowest BCUT2D eigenvalue weighted by molar-refractivity contribution is -0.139. The molecule has 2 rings (SSSR count). The van der Waals surface area contributed by atoms with Crippen LogP contribution < -0.4 is 0 Å². The van der Waals surface area contributed by atoms with Crippen LogP contribution in [-0.2, 0) is 9.53 Å². The van der Waals surface area contributed by atoms with E-state index in [0.717, 1.165) is 5.56 Å². The van der Waals surface area contributed by atoms with Gasteiger partial charge >= 0.3 is 5.97 Å². The molecule has 1 aliphatic rings. The van der Waals surface area contributed by atoms with Crippen LogP contribution in [0.4, 0.5) is 0 Å². The molecule has 0 bridgehead atoms. The summed E-state index contributed by atoms with van der Waals surface area (Å²) in [6, 6.07) is 10.0. The number of nitrogens with zero attached hydrogens (tertiary/aromatic N) is 1. The van der Waals surface area contributed by atoms with Crippen molar-refractivity contribution in [2.75, 3.05) is 6.61 Å². The number of hydrogen-bond donors (Lipinski definition) is 1. The standard InChI is InChI=1S/C15H19NO3/c1-15(2,9-14(17)18)8-13-16-12(10-19-13)11-6-4-3-5-7-11/h3-7,12H,8-10H2,1-2H3,(H,17,18). The molecule has 19 heavy (non-hydrogen) atoms. The lowest BCUT2D eigenvalue weighted by Gasteiger charge is -2.21. The smallest absolute Gasteiger partial charge is 0.303 e. The van der Waals surface area contributed by atoms with Crippen molar-refractivity contribution in [3.8, 4) is 0 Å². The Morgan fingerprint density at radius 2 is 2.11 bits per heavy atom. The zero-order valence-corrected chi connectivity index (χ0v) is 11.3. The second kappa shape index (κ2) is 5.43. The molecule has 1 aliphatic heterocycles. The quantitative estimate of drug-likeness (QED) is 0.886. The Bertz CT molecular complexity index is 479. The molecule has 0 radical (unpaired) electrons. The molecule has 0 saturated heterocycles. The first-order chi connectivity index (χ1) is 8.96. The first-order valence-corrected chi connectivity index (χ1v) is 6.42. The van der Waals surface area contributed by atoms with E-state index in [9.17, 15) is 4.79 Å². The summed E-state index contributed by atoms with van der Waals surface area (Å²) in [6.07, 6.45) is 0.675. The van der Waals surface area contributed by atoms with Crippen molar-refractivity contribution in [3.63, 3.8) is 0 Å². The van der Waals surface area contributed by atoms with Crippen molar-refractivity contribution < 1.29 is 14.6 Å². The molecular formula is C15H19NO3. The van der Waals surface area contributed by atoms with Crippen molar-refractivity contribution in [3.05, 3.63) is 35.9 Å². The van der Waals surface area contributed by atoms with Gasteiger partial charge in [0.1, 0.15) is 12.6 Å². The summed E-state index contributed by atoms with van der Waals surface area (Å²) in [5, 5.41) is 8.87. The van der Waals surface area contributed by atoms with E-state index in [1.54, 1.807) is 0 Å². The molecule has 0 aromatic heterocycles. The Labute approximate surface area is 113 Å². The molecule has 0 amide bonds. The minimum atomic E-state index is -0.789. The first-order valence-electron chi connectivity index (χ1n) is 6.42. The van der Waals surface area contributed by atoms with Gasteiger partial charge in [-0.05, 0) is 11.0 Å². The van der Waals surface area contributed by atoms with Crippen LogP contribution in [0.3, 0.4) is 0 Å². The van der Waals surface area contributed by atoms with Gasteiger partial charge in [0.15, 0.2) is 5.90 Å². The fourth-order valence-corrected chi connectivity index (χ4v) is 2.25. The van der Waals surface area contributed by atoms with Crippen molar-refractivity contribution in [1.82, 2.24) is 0 Å². The van der Waals surface area contributed by atoms with Gasteiger partial charge in [-0.25, -0.2) is 4.99 Å². The number of hydrogen-bond acceptors (Lipinski definition) is 3. The summed E-state index contributed by atoms with van der Waals surface area (Å²) in [5.41, 5.74) is 0.796. The average molecular weight is 261 g/mol. The molecule has 4 heteroatoms. The highest BCUT2D eigenvalue weighted by Crippen LogP contribution is 2.30. The molecule has 1 atom stereocenters. The van der Waals surface area contributed by atoms with Gasteiger partial charge in [0.25, 0.3) is 0 Å². The largest absolute Gasteiger partial charge is 0.481 e. The fourth-order valence-electron chi connectivity index (χ4n) is 2.25. The molecular weight excluding hydrogens is 242 g/mol. The zero-order chi connectivity index (χ0) is 13.9. The lowest BCUT2D eigenvalue weighted by atomic mass is 9.86. The molecule has 1 unspecified atom stereocenters. The fraction of sp³-hybridized carbons (Fsp3) is 0.467. The highest BCUT2D eigenvalue weighted by molar-refractivity contribution is 5.79. The van der Waals surface area contributed by atoms with Gasteiger partial charge in [-0.2, -0.15) is 0 Å². The number of rotatable bonds is 5. The molecule has 1 aromatic rings. The van der Waals surface area contributed by atoms with E-state index in [1.807, 2.05) is 44.2 Å². The maximum absolute atomic E-state index is 10.8. The van der Waals surface area contributed by atoms with Crippen molar-refractivity contribution in [2.24, 2.45) is 10.4 Å². The molecule has 1 aromatic carbocycles. The summed E-state index contributed by atoms with van der Waals surface area (Å²) >= 11 is 0. The maximum atomic E-state index is 10.8. The van der Waals surface area contributed by atoms with Crippen LogP contribution in [0.5, 0.6) is 0 Å². The van der Waals surface area contributed by atoms with E-state index >= 15 is 0 Å². The molecule has 0 spiro atoms.